The number of esters is 2. The largest absolute Gasteiger partial charge is 0.492 e. The van der Waals surface area contributed by atoms with Gasteiger partial charge in [-0.2, -0.15) is 0 Å². The van der Waals surface area contributed by atoms with Gasteiger partial charge in [0.2, 0.25) is 0 Å². The third kappa shape index (κ3) is 3.67. The normalized spacial score (nSPS) is 14.0. The molecule has 0 saturated heterocycles. The lowest BCUT2D eigenvalue weighted by Crippen LogP contribution is -2.39. The first-order valence-electron chi connectivity index (χ1n) is 8.47. The van der Waals surface area contributed by atoms with Crippen molar-refractivity contribution in [3.05, 3.63) is 42.1 Å². The zero-order valence-corrected chi connectivity index (χ0v) is 15.7. The number of methoxy groups -OCH3 is 2. The van der Waals surface area contributed by atoms with Gasteiger partial charge in [0.15, 0.2) is 0 Å². The SMILES string of the molecule is CCOc1ccc(-n2cnnc2)cc1N1COCC(C(=O)OC)=C1C(=O)OC. The summed E-state index contributed by atoms with van der Waals surface area (Å²) in [5.41, 5.74) is 1.37. The van der Waals surface area contributed by atoms with E-state index in [-0.39, 0.29) is 24.6 Å². The van der Waals surface area contributed by atoms with Crippen LogP contribution in [-0.2, 0) is 23.8 Å². The first-order chi connectivity index (χ1) is 13.6. The summed E-state index contributed by atoms with van der Waals surface area (Å²) in [5.74, 6) is -0.839. The number of hydrogen-bond acceptors (Lipinski definition) is 9. The van der Waals surface area contributed by atoms with Crippen LogP contribution in [0.3, 0.4) is 0 Å². The summed E-state index contributed by atoms with van der Waals surface area (Å²) in [6.07, 6.45) is 3.09. The van der Waals surface area contributed by atoms with Gasteiger partial charge in [-0.1, -0.05) is 0 Å². The molecule has 2 aromatic rings. The predicted molar refractivity (Wildman–Crippen MR) is 96.9 cm³/mol. The zero-order chi connectivity index (χ0) is 20.1. The number of ether oxygens (including phenoxy) is 4. The lowest BCUT2D eigenvalue weighted by atomic mass is 10.1. The Labute approximate surface area is 161 Å². The number of aromatic nitrogens is 3. The molecule has 1 aromatic heterocycles. The molecule has 3 rings (SSSR count). The van der Waals surface area contributed by atoms with Gasteiger partial charge < -0.3 is 23.8 Å². The molecule has 148 valence electrons. The van der Waals surface area contributed by atoms with Crippen LogP contribution in [0.1, 0.15) is 6.92 Å². The molecule has 0 amide bonds. The molecule has 10 nitrogen and oxygen atoms in total. The Kier molecular flexibility index (Phi) is 5.90. The van der Waals surface area contributed by atoms with E-state index in [9.17, 15) is 9.59 Å². The van der Waals surface area contributed by atoms with Crippen molar-refractivity contribution in [2.75, 3.05) is 39.1 Å². The third-order valence-electron chi connectivity index (χ3n) is 4.08. The summed E-state index contributed by atoms with van der Waals surface area (Å²) in [7, 11) is 2.48. The molecule has 0 spiro atoms. The van der Waals surface area contributed by atoms with Crippen LogP contribution in [0.2, 0.25) is 0 Å². The van der Waals surface area contributed by atoms with Gasteiger partial charge in [-0.15, -0.1) is 10.2 Å². The fraction of sp³-hybridized carbons (Fsp3) is 0.333. The Balaban J connectivity index is 2.17. The van der Waals surface area contributed by atoms with Crippen LogP contribution >= 0.6 is 0 Å². The van der Waals surface area contributed by atoms with Gasteiger partial charge in [-0.3, -0.25) is 4.57 Å². The minimum absolute atomic E-state index is 0.0244. The maximum Gasteiger partial charge on any atom is 0.355 e. The van der Waals surface area contributed by atoms with Crippen molar-refractivity contribution in [1.29, 1.82) is 0 Å². The minimum Gasteiger partial charge on any atom is -0.492 e. The Hall–Kier alpha value is -3.40. The highest BCUT2D eigenvalue weighted by molar-refractivity contribution is 6.03. The maximum atomic E-state index is 12.5. The quantitative estimate of drug-likeness (QED) is 0.672. The summed E-state index contributed by atoms with van der Waals surface area (Å²) < 4.78 is 22.6. The van der Waals surface area contributed by atoms with Crippen LogP contribution < -0.4 is 9.64 Å². The van der Waals surface area contributed by atoms with Gasteiger partial charge in [0.25, 0.3) is 0 Å². The van der Waals surface area contributed by atoms with E-state index in [0.29, 0.717) is 18.0 Å². The summed E-state index contributed by atoms with van der Waals surface area (Å²) in [5, 5.41) is 7.60. The van der Waals surface area contributed by atoms with Crippen LogP contribution in [-0.4, -0.2) is 60.9 Å². The molecule has 0 N–H and O–H groups in total. The Bertz CT molecular complexity index is 893. The van der Waals surface area contributed by atoms with Crippen LogP contribution in [0.15, 0.2) is 42.1 Å². The highest BCUT2D eigenvalue weighted by Gasteiger charge is 2.33. The fourth-order valence-electron chi connectivity index (χ4n) is 2.82. The molecule has 10 heteroatoms. The van der Waals surface area contributed by atoms with Crippen molar-refractivity contribution < 1.29 is 28.5 Å². The molecule has 0 saturated carbocycles. The van der Waals surface area contributed by atoms with Crippen LogP contribution in [0.25, 0.3) is 5.69 Å². The van der Waals surface area contributed by atoms with E-state index < -0.39 is 11.9 Å². The van der Waals surface area contributed by atoms with E-state index in [4.69, 9.17) is 18.9 Å². The van der Waals surface area contributed by atoms with Gasteiger partial charge in [-0.25, -0.2) is 9.59 Å². The number of rotatable bonds is 6. The topological polar surface area (TPSA) is 105 Å². The summed E-state index contributed by atoms with van der Waals surface area (Å²) >= 11 is 0. The summed E-state index contributed by atoms with van der Waals surface area (Å²) in [6.45, 7) is 2.22. The van der Waals surface area contributed by atoms with Crippen LogP contribution in [0, 0.1) is 0 Å². The van der Waals surface area contributed by atoms with Crippen molar-refractivity contribution in [2.24, 2.45) is 0 Å². The van der Waals surface area contributed by atoms with E-state index in [0.717, 1.165) is 5.69 Å². The molecule has 1 aliphatic heterocycles. The molecule has 0 atom stereocenters. The van der Waals surface area contributed by atoms with Gasteiger partial charge in [0, 0.05) is 0 Å². The minimum atomic E-state index is -0.680. The average Bonchev–Trinajstić information content (AvgIpc) is 3.27. The summed E-state index contributed by atoms with van der Waals surface area (Å²) in [4.78, 5) is 26.2. The molecule has 0 fully saturated rings. The van der Waals surface area contributed by atoms with Gasteiger partial charge in [0.05, 0.1) is 44.4 Å². The lowest BCUT2D eigenvalue weighted by Gasteiger charge is -2.32. The average molecular weight is 388 g/mol. The van der Waals surface area contributed by atoms with Crippen LogP contribution in [0.5, 0.6) is 5.75 Å². The first kappa shape index (κ1) is 19.4. The molecule has 0 unspecified atom stereocenters. The maximum absolute atomic E-state index is 12.5. The number of carbonyl (C=O) groups excluding carboxylic acids is 2. The molecule has 0 radical (unpaired) electrons. The molecule has 0 bridgehead atoms. The Morgan fingerprint density at radius 3 is 2.50 bits per heavy atom. The molecule has 28 heavy (non-hydrogen) atoms. The molecule has 1 aromatic carbocycles. The van der Waals surface area contributed by atoms with Gasteiger partial charge >= 0.3 is 11.9 Å². The van der Waals surface area contributed by atoms with E-state index in [1.165, 1.54) is 19.1 Å². The fourth-order valence-corrected chi connectivity index (χ4v) is 2.82. The monoisotopic (exact) mass is 388 g/mol. The predicted octanol–water partition coefficient (Wildman–Crippen LogP) is 1.06. The first-order valence-corrected chi connectivity index (χ1v) is 8.47. The van der Waals surface area contributed by atoms with E-state index in [1.807, 2.05) is 13.0 Å². The van der Waals surface area contributed by atoms with Gasteiger partial charge in [0.1, 0.15) is 30.8 Å². The second kappa shape index (κ2) is 8.53. The van der Waals surface area contributed by atoms with Crippen molar-refractivity contribution in [2.45, 2.75) is 6.92 Å². The molecule has 0 aliphatic carbocycles. The molecular formula is C18H20N4O6. The molecule has 2 heterocycles. The summed E-state index contributed by atoms with van der Waals surface area (Å²) in [6, 6.07) is 5.36. The Morgan fingerprint density at radius 2 is 1.86 bits per heavy atom. The number of carbonyl (C=O) groups is 2. The lowest BCUT2D eigenvalue weighted by molar-refractivity contribution is -0.140. The number of nitrogens with zero attached hydrogens (tertiary/aromatic N) is 4. The zero-order valence-electron chi connectivity index (χ0n) is 15.7. The highest BCUT2D eigenvalue weighted by Crippen LogP contribution is 2.36. The van der Waals surface area contributed by atoms with Crippen molar-refractivity contribution >= 4 is 17.6 Å². The number of anilines is 1. The number of hydrogen-bond donors (Lipinski definition) is 0. The van der Waals surface area contributed by atoms with Crippen molar-refractivity contribution in [3.63, 3.8) is 0 Å². The van der Waals surface area contributed by atoms with Crippen molar-refractivity contribution in [3.8, 4) is 11.4 Å². The second-order valence-electron chi connectivity index (χ2n) is 5.67. The standard InChI is InChI=1S/C18H20N4O6/c1-4-28-15-6-5-12(21-9-19-20-10-21)7-14(15)22-11-27-8-13(17(23)25-2)16(22)18(24)26-3/h5-7,9-10H,4,8,11H2,1-3H3. The van der Waals surface area contributed by atoms with Gasteiger partial charge in [-0.05, 0) is 25.1 Å². The van der Waals surface area contributed by atoms with E-state index in [1.54, 1.807) is 29.4 Å². The molecular weight excluding hydrogens is 368 g/mol. The van der Waals surface area contributed by atoms with Crippen LogP contribution in [0.4, 0.5) is 5.69 Å². The smallest absolute Gasteiger partial charge is 0.355 e. The highest BCUT2D eigenvalue weighted by atomic mass is 16.5. The Morgan fingerprint density at radius 1 is 1.14 bits per heavy atom. The number of benzene rings is 1. The van der Waals surface area contributed by atoms with Crippen molar-refractivity contribution in [1.82, 2.24) is 14.8 Å². The van der Waals surface area contributed by atoms with E-state index in [2.05, 4.69) is 10.2 Å². The third-order valence-corrected chi connectivity index (χ3v) is 4.08. The van der Waals surface area contributed by atoms with E-state index >= 15 is 0 Å². The molecule has 1 aliphatic rings. The second-order valence-corrected chi connectivity index (χ2v) is 5.67.